The molecule has 2 N–H and O–H groups in total. The lowest BCUT2D eigenvalue weighted by Gasteiger charge is -2.00. The molecule has 0 aliphatic carbocycles. The zero-order valence-electron chi connectivity index (χ0n) is 5.88. The zero-order valence-corrected chi connectivity index (χ0v) is 7.03. The van der Waals surface area contributed by atoms with Gasteiger partial charge in [-0.3, -0.25) is 0 Å². The summed E-state index contributed by atoms with van der Waals surface area (Å²) in [5, 5.41) is 0. The Morgan fingerprint density at radius 1 is 1.30 bits per heavy atom. The maximum Gasteiger partial charge on any atom is 0.0346 e. The van der Waals surface area contributed by atoms with Crippen molar-refractivity contribution in [2.75, 3.05) is 11.9 Å². The summed E-state index contributed by atoms with van der Waals surface area (Å²) in [7, 11) is 2.69. The molecule has 10 heavy (non-hydrogen) atoms. The van der Waals surface area contributed by atoms with Gasteiger partial charge in [-0.15, -0.1) is 9.24 Å². The van der Waals surface area contributed by atoms with E-state index < -0.39 is 0 Å². The van der Waals surface area contributed by atoms with Crippen LogP contribution in [-0.2, 0) is 6.42 Å². The number of para-hydroxylation sites is 1. The van der Waals surface area contributed by atoms with Crippen molar-refractivity contribution in [2.45, 2.75) is 6.42 Å². The molecule has 0 spiro atoms. The second kappa shape index (κ2) is 3.58. The van der Waals surface area contributed by atoms with E-state index in [0.29, 0.717) is 0 Å². The predicted molar refractivity (Wildman–Crippen MR) is 49.1 cm³/mol. The summed E-state index contributed by atoms with van der Waals surface area (Å²) in [6, 6.07) is 7.99. The molecular formula is C8H12NP. The van der Waals surface area contributed by atoms with Crippen LogP contribution in [0.4, 0.5) is 5.69 Å². The largest absolute Gasteiger partial charge is 0.399 e. The maximum atomic E-state index is 5.70. The molecule has 0 amide bonds. The third-order valence-corrected chi connectivity index (χ3v) is 1.76. The van der Waals surface area contributed by atoms with Crippen molar-refractivity contribution in [1.82, 2.24) is 0 Å². The summed E-state index contributed by atoms with van der Waals surface area (Å²) >= 11 is 0. The van der Waals surface area contributed by atoms with Crippen LogP contribution in [0.25, 0.3) is 0 Å². The molecule has 1 rings (SSSR count). The molecule has 0 radical (unpaired) electrons. The van der Waals surface area contributed by atoms with E-state index in [1.54, 1.807) is 0 Å². The second-order valence-electron chi connectivity index (χ2n) is 2.24. The highest BCUT2D eigenvalue weighted by atomic mass is 31.0. The minimum Gasteiger partial charge on any atom is -0.399 e. The molecule has 0 heterocycles. The van der Waals surface area contributed by atoms with Gasteiger partial charge < -0.3 is 5.73 Å². The summed E-state index contributed by atoms with van der Waals surface area (Å²) in [6.45, 7) is 0. The molecule has 1 aromatic carbocycles. The number of nitrogen functional groups attached to an aromatic ring is 1. The fraction of sp³-hybridized carbons (Fsp3) is 0.250. The Balaban J connectivity index is 2.81. The quantitative estimate of drug-likeness (QED) is 0.507. The standard InChI is InChI=1S/C8H12NP/c9-8-4-2-1-3-7(8)5-6-10/h1-4H,5-6,9-10H2. The molecule has 1 nitrogen and oxygen atoms in total. The Bertz CT molecular complexity index is 210. The molecule has 0 saturated carbocycles. The maximum absolute atomic E-state index is 5.70. The SMILES string of the molecule is Nc1ccccc1CCP. The fourth-order valence-corrected chi connectivity index (χ4v) is 1.23. The Hall–Kier alpha value is -0.550. The number of nitrogens with two attached hydrogens (primary N) is 1. The molecule has 54 valence electrons. The minimum absolute atomic E-state index is 0.907. The van der Waals surface area contributed by atoms with E-state index in [4.69, 9.17) is 5.73 Å². The summed E-state index contributed by atoms with van der Waals surface area (Å²) in [6.07, 6.45) is 2.13. The normalized spacial score (nSPS) is 9.70. The first-order valence-corrected chi connectivity index (χ1v) is 4.19. The lowest BCUT2D eigenvalue weighted by atomic mass is 10.1. The van der Waals surface area contributed by atoms with Crippen molar-refractivity contribution in [2.24, 2.45) is 0 Å². The minimum atomic E-state index is 0.907. The highest BCUT2D eigenvalue weighted by Crippen LogP contribution is 2.11. The van der Waals surface area contributed by atoms with Crippen molar-refractivity contribution in [3.63, 3.8) is 0 Å². The van der Waals surface area contributed by atoms with E-state index >= 15 is 0 Å². The third-order valence-electron chi connectivity index (χ3n) is 1.47. The van der Waals surface area contributed by atoms with E-state index in [0.717, 1.165) is 18.3 Å². The summed E-state index contributed by atoms with van der Waals surface area (Å²) in [5.41, 5.74) is 7.85. The number of rotatable bonds is 2. The van der Waals surface area contributed by atoms with Gasteiger partial charge in [-0.1, -0.05) is 18.2 Å². The van der Waals surface area contributed by atoms with E-state index in [9.17, 15) is 0 Å². The van der Waals surface area contributed by atoms with E-state index in [2.05, 4.69) is 15.3 Å². The predicted octanol–water partition coefficient (Wildman–Crippen LogP) is 1.69. The molecule has 1 atom stereocenters. The van der Waals surface area contributed by atoms with E-state index in [1.165, 1.54) is 5.56 Å². The van der Waals surface area contributed by atoms with Crippen LogP contribution in [0, 0.1) is 0 Å². The Morgan fingerprint density at radius 3 is 2.60 bits per heavy atom. The van der Waals surface area contributed by atoms with Crippen molar-refractivity contribution >= 4 is 14.9 Å². The van der Waals surface area contributed by atoms with Crippen LogP contribution in [-0.4, -0.2) is 6.16 Å². The van der Waals surface area contributed by atoms with Crippen LogP contribution >= 0.6 is 9.24 Å². The molecule has 1 unspecified atom stereocenters. The highest BCUT2D eigenvalue weighted by molar-refractivity contribution is 7.16. The monoisotopic (exact) mass is 153 g/mol. The van der Waals surface area contributed by atoms with Crippen LogP contribution in [0.3, 0.4) is 0 Å². The average Bonchev–Trinajstić information content (AvgIpc) is 1.94. The molecular weight excluding hydrogens is 141 g/mol. The van der Waals surface area contributed by atoms with Gasteiger partial charge in [0.2, 0.25) is 0 Å². The van der Waals surface area contributed by atoms with Crippen molar-refractivity contribution in [3.05, 3.63) is 29.8 Å². The van der Waals surface area contributed by atoms with Gasteiger partial charge in [0.05, 0.1) is 0 Å². The van der Waals surface area contributed by atoms with Crippen LogP contribution in [0.5, 0.6) is 0 Å². The Morgan fingerprint density at radius 2 is 2.00 bits per heavy atom. The molecule has 0 aliphatic heterocycles. The summed E-state index contributed by atoms with van der Waals surface area (Å²) in [5.74, 6) is 0. The molecule has 0 saturated heterocycles. The van der Waals surface area contributed by atoms with Crippen molar-refractivity contribution in [1.29, 1.82) is 0 Å². The lowest BCUT2D eigenvalue weighted by molar-refractivity contribution is 1.16. The van der Waals surface area contributed by atoms with Gasteiger partial charge in [-0.2, -0.15) is 0 Å². The molecule has 0 bridgehead atoms. The fourth-order valence-electron chi connectivity index (χ4n) is 0.917. The number of aryl methyl sites for hydroxylation is 1. The van der Waals surface area contributed by atoms with Gasteiger partial charge in [-0.25, -0.2) is 0 Å². The average molecular weight is 153 g/mol. The van der Waals surface area contributed by atoms with Crippen LogP contribution in [0.2, 0.25) is 0 Å². The van der Waals surface area contributed by atoms with Crippen LogP contribution in [0.1, 0.15) is 5.56 Å². The van der Waals surface area contributed by atoms with E-state index in [1.807, 2.05) is 18.2 Å². The molecule has 1 aromatic rings. The smallest absolute Gasteiger partial charge is 0.0346 e. The molecule has 2 heteroatoms. The first-order valence-electron chi connectivity index (χ1n) is 3.38. The number of anilines is 1. The lowest BCUT2D eigenvalue weighted by Crippen LogP contribution is -1.93. The van der Waals surface area contributed by atoms with Crippen molar-refractivity contribution in [3.8, 4) is 0 Å². The Labute approximate surface area is 63.8 Å². The topological polar surface area (TPSA) is 26.0 Å². The van der Waals surface area contributed by atoms with Gasteiger partial charge >= 0.3 is 0 Å². The third kappa shape index (κ3) is 1.71. The summed E-state index contributed by atoms with van der Waals surface area (Å²) < 4.78 is 0. The second-order valence-corrected chi connectivity index (χ2v) is 2.81. The summed E-state index contributed by atoms with van der Waals surface area (Å²) in [4.78, 5) is 0. The van der Waals surface area contributed by atoms with Gasteiger partial charge in [0.25, 0.3) is 0 Å². The van der Waals surface area contributed by atoms with Crippen LogP contribution < -0.4 is 5.73 Å². The zero-order chi connectivity index (χ0) is 7.40. The van der Waals surface area contributed by atoms with Crippen LogP contribution in [0.15, 0.2) is 24.3 Å². The molecule has 0 aliphatic rings. The van der Waals surface area contributed by atoms with E-state index in [-0.39, 0.29) is 0 Å². The van der Waals surface area contributed by atoms with Gasteiger partial charge in [-0.05, 0) is 24.2 Å². The number of hydrogen-bond donors (Lipinski definition) is 1. The number of benzene rings is 1. The first-order chi connectivity index (χ1) is 4.84. The van der Waals surface area contributed by atoms with Gasteiger partial charge in [0, 0.05) is 5.69 Å². The van der Waals surface area contributed by atoms with Gasteiger partial charge in [0.1, 0.15) is 0 Å². The Kier molecular flexibility index (Phi) is 2.70. The van der Waals surface area contributed by atoms with Gasteiger partial charge in [0.15, 0.2) is 0 Å². The first kappa shape index (κ1) is 7.56. The molecule has 0 fully saturated rings. The highest BCUT2D eigenvalue weighted by Gasteiger charge is 1.93. The molecule has 0 aromatic heterocycles. The number of hydrogen-bond acceptors (Lipinski definition) is 1. The van der Waals surface area contributed by atoms with Crippen molar-refractivity contribution < 1.29 is 0 Å².